The van der Waals surface area contributed by atoms with Crippen LogP contribution in [-0.4, -0.2) is 19.7 Å². The third kappa shape index (κ3) is 4.55. The number of ether oxygens (including phenoxy) is 1. The molecule has 2 nitrogen and oxygen atoms in total. The summed E-state index contributed by atoms with van der Waals surface area (Å²) in [5.74, 6) is 1.47. The lowest BCUT2D eigenvalue weighted by Crippen LogP contribution is -2.30. The summed E-state index contributed by atoms with van der Waals surface area (Å²) in [7, 11) is 0. The molecule has 0 spiro atoms. The monoisotopic (exact) mass is 279 g/mol. The molecule has 1 N–H and O–H groups in total. The average molecular weight is 280 g/mol. The summed E-state index contributed by atoms with van der Waals surface area (Å²) in [6.45, 7) is 8.56. The van der Waals surface area contributed by atoms with Crippen LogP contribution in [0.1, 0.15) is 25.3 Å². The number of benzene rings is 1. The van der Waals surface area contributed by atoms with Crippen LogP contribution in [0.25, 0.3) is 0 Å². The fraction of sp³-hybridized carbons (Fsp3) is 0.500. The van der Waals surface area contributed by atoms with Gasteiger partial charge in [0.25, 0.3) is 0 Å². The van der Waals surface area contributed by atoms with E-state index in [4.69, 9.17) is 16.3 Å². The zero-order valence-electron chi connectivity index (χ0n) is 11.5. The number of piperidine rings is 1. The molecule has 19 heavy (non-hydrogen) atoms. The number of rotatable bonds is 5. The molecule has 1 fully saturated rings. The summed E-state index contributed by atoms with van der Waals surface area (Å²) in [5.41, 5.74) is 2.29. The lowest BCUT2D eigenvalue weighted by molar-refractivity contribution is 0.352. The van der Waals surface area contributed by atoms with Gasteiger partial charge in [0.15, 0.2) is 0 Å². The van der Waals surface area contributed by atoms with Crippen molar-refractivity contribution in [3.8, 4) is 5.75 Å². The molecule has 104 valence electrons. The second-order valence-corrected chi connectivity index (χ2v) is 5.83. The summed E-state index contributed by atoms with van der Waals surface area (Å²) in [6.07, 6.45) is 3.67. The first-order valence-electron chi connectivity index (χ1n) is 6.91. The minimum Gasteiger partial charge on any atom is -0.488 e. The van der Waals surface area contributed by atoms with E-state index >= 15 is 0 Å². The number of nitrogens with one attached hydrogen (secondary N) is 1. The average Bonchev–Trinajstić information content (AvgIpc) is 2.39. The number of halogens is 1. The SMILES string of the molecule is C=C(C)COc1ccc(CC2CCCNC2)cc1Cl. The lowest BCUT2D eigenvalue weighted by atomic mass is 9.92. The van der Waals surface area contributed by atoms with E-state index in [1.165, 1.54) is 18.4 Å². The van der Waals surface area contributed by atoms with Crippen LogP contribution < -0.4 is 10.1 Å². The highest BCUT2D eigenvalue weighted by Crippen LogP contribution is 2.27. The van der Waals surface area contributed by atoms with Crippen LogP contribution in [0, 0.1) is 5.92 Å². The van der Waals surface area contributed by atoms with Gasteiger partial charge in [0, 0.05) is 0 Å². The van der Waals surface area contributed by atoms with Gasteiger partial charge in [-0.2, -0.15) is 0 Å². The minimum absolute atomic E-state index is 0.519. The molecule has 0 amide bonds. The van der Waals surface area contributed by atoms with Crippen LogP contribution in [0.3, 0.4) is 0 Å². The van der Waals surface area contributed by atoms with Crippen LogP contribution in [0.5, 0.6) is 5.75 Å². The molecule has 1 heterocycles. The van der Waals surface area contributed by atoms with Crippen molar-refractivity contribution >= 4 is 11.6 Å². The standard InChI is InChI=1S/C16H22ClNO/c1-12(2)11-19-16-6-5-13(9-15(16)17)8-14-4-3-7-18-10-14/h5-6,9,14,18H,1,3-4,7-8,10-11H2,2H3. The highest BCUT2D eigenvalue weighted by Gasteiger charge is 2.14. The van der Waals surface area contributed by atoms with E-state index < -0.39 is 0 Å². The molecule has 1 aliphatic rings. The fourth-order valence-corrected chi connectivity index (χ4v) is 2.68. The Morgan fingerprint density at radius 1 is 1.53 bits per heavy atom. The van der Waals surface area contributed by atoms with Gasteiger partial charge in [0.05, 0.1) is 5.02 Å². The van der Waals surface area contributed by atoms with Crippen molar-refractivity contribution in [3.05, 3.63) is 40.9 Å². The Labute approximate surface area is 120 Å². The van der Waals surface area contributed by atoms with E-state index in [0.29, 0.717) is 11.6 Å². The van der Waals surface area contributed by atoms with Gasteiger partial charge in [-0.25, -0.2) is 0 Å². The molecular weight excluding hydrogens is 258 g/mol. The van der Waals surface area contributed by atoms with E-state index in [1.807, 2.05) is 19.1 Å². The van der Waals surface area contributed by atoms with E-state index in [9.17, 15) is 0 Å². The summed E-state index contributed by atoms with van der Waals surface area (Å²) < 4.78 is 5.60. The van der Waals surface area contributed by atoms with Gasteiger partial charge >= 0.3 is 0 Å². The van der Waals surface area contributed by atoms with Gasteiger partial charge in [0.1, 0.15) is 12.4 Å². The predicted molar refractivity (Wildman–Crippen MR) is 81.1 cm³/mol. The van der Waals surface area contributed by atoms with Crippen LogP contribution in [-0.2, 0) is 6.42 Å². The molecule has 1 unspecified atom stereocenters. The molecule has 0 radical (unpaired) electrons. The first kappa shape index (κ1) is 14.4. The minimum atomic E-state index is 0.519. The summed E-state index contributed by atoms with van der Waals surface area (Å²) in [5, 5.41) is 4.14. The highest BCUT2D eigenvalue weighted by atomic mass is 35.5. The van der Waals surface area contributed by atoms with Gasteiger partial charge in [-0.05, 0) is 68.5 Å². The molecule has 2 rings (SSSR count). The molecule has 0 aliphatic carbocycles. The summed E-state index contributed by atoms with van der Waals surface area (Å²) in [6, 6.07) is 6.12. The van der Waals surface area contributed by atoms with Crippen LogP contribution in [0.15, 0.2) is 30.4 Å². The Morgan fingerprint density at radius 2 is 2.37 bits per heavy atom. The fourth-order valence-electron chi connectivity index (χ4n) is 2.42. The van der Waals surface area contributed by atoms with E-state index in [2.05, 4.69) is 18.0 Å². The van der Waals surface area contributed by atoms with E-state index in [-0.39, 0.29) is 0 Å². The van der Waals surface area contributed by atoms with Gasteiger partial charge in [-0.15, -0.1) is 0 Å². The zero-order chi connectivity index (χ0) is 13.7. The molecular formula is C16H22ClNO. The lowest BCUT2D eigenvalue weighted by Gasteiger charge is -2.22. The van der Waals surface area contributed by atoms with Crippen LogP contribution >= 0.6 is 11.6 Å². The first-order chi connectivity index (χ1) is 9.15. The van der Waals surface area contributed by atoms with Gasteiger partial charge < -0.3 is 10.1 Å². The van der Waals surface area contributed by atoms with E-state index in [0.717, 1.165) is 36.8 Å². The molecule has 0 bridgehead atoms. The van der Waals surface area contributed by atoms with E-state index in [1.54, 1.807) is 0 Å². The second-order valence-electron chi connectivity index (χ2n) is 5.43. The molecule has 0 aromatic heterocycles. The topological polar surface area (TPSA) is 21.3 Å². The number of hydrogen-bond acceptors (Lipinski definition) is 2. The van der Waals surface area contributed by atoms with Crippen molar-refractivity contribution in [2.75, 3.05) is 19.7 Å². The van der Waals surface area contributed by atoms with Crippen LogP contribution in [0.4, 0.5) is 0 Å². The van der Waals surface area contributed by atoms with Crippen molar-refractivity contribution in [2.24, 2.45) is 5.92 Å². The van der Waals surface area contributed by atoms with Crippen molar-refractivity contribution in [2.45, 2.75) is 26.2 Å². The van der Waals surface area contributed by atoms with Crippen molar-refractivity contribution in [1.29, 1.82) is 0 Å². The summed E-state index contributed by atoms with van der Waals surface area (Å²) >= 11 is 6.26. The molecule has 1 aromatic carbocycles. The Morgan fingerprint density at radius 3 is 3.00 bits per heavy atom. The predicted octanol–water partition coefficient (Wildman–Crippen LogP) is 3.84. The molecule has 3 heteroatoms. The molecule has 1 aliphatic heterocycles. The van der Waals surface area contributed by atoms with Crippen LogP contribution in [0.2, 0.25) is 5.02 Å². The van der Waals surface area contributed by atoms with Gasteiger partial charge in [-0.3, -0.25) is 0 Å². The Balaban J connectivity index is 1.95. The molecule has 0 saturated carbocycles. The van der Waals surface area contributed by atoms with Crippen molar-refractivity contribution < 1.29 is 4.74 Å². The van der Waals surface area contributed by atoms with Gasteiger partial charge in [0.2, 0.25) is 0 Å². The largest absolute Gasteiger partial charge is 0.488 e. The highest BCUT2D eigenvalue weighted by molar-refractivity contribution is 6.32. The smallest absolute Gasteiger partial charge is 0.138 e. The third-order valence-corrected chi connectivity index (χ3v) is 3.69. The zero-order valence-corrected chi connectivity index (χ0v) is 12.3. The Hall–Kier alpha value is -0.990. The second kappa shape index (κ2) is 6.97. The maximum absolute atomic E-state index is 6.26. The molecule has 1 atom stereocenters. The molecule has 1 aromatic rings. The molecule has 1 saturated heterocycles. The normalized spacial score (nSPS) is 19.2. The maximum atomic E-state index is 6.26. The Bertz CT molecular complexity index is 438. The first-order valence-corrected chi connectivity index (χ1v) is 7.29. The quantitative estimate of drug-likeness (QED) is 0.827. The third-order valence-electron chi connectivity index (χ3n) is 3.39. The summed E-state index contributed by atoms with van der Waals surface area (Å²) in [4.78, 5) is 0. The van der Waals surface area contributed by atoms with Crippen molar-refractivity contribution in [1.82, 2.24) is 5.32 Å². The van der Waals surface area contributed by atoms with Crippen molar-refractivity contribution in [3.63, 3.8) is 0 Å². The maximum Gasteiger partial charge on any atom is 0.138 e. The van der Waals surface area contributed by atoms with Gasteiger partial charge in [-0.1, -0.05) is 24.2 Å². The Kier molecular flexibility index (Phi) is 5.29. The number of hydrogen-bond donors (Lipinski definition) is 1.